The Morgan fingerprint density at radius 2 is 2.10 bits per heavy atom. The van der Waals surface area contributed by atoms with E-state index in [2.05, 4.69) is 20.3 Å². The Hall–Kier alpha value is -2.37. The van der Waals surface area contributed by atoms with Gasteiger partial charge in [-0.05, 0) is 24.1 Å². The van der Waals surface area contributed by atoms with Crippen LogP contribution >= 0.6 is 0 Å². The van der Waals surface area contributed by atoms with Gasteiger partial charge in [0.1, 0.15) is 11.5 Å². The Labute approximate surface area is 116 Å². The highest BCUT2D eigenvalue weighted by molar-refractivity contribution is 5.90. The number of benzene rings is 1. The summed E-state index contributed by atoms with van der Waals surface area (Å²) in [7, 11) is 1.33. The Balaban J connectivity index is 2.11. The Bertz CT molecular complexity index is 593. The van der Waals surface area contributed by atoms with Gasteiger partial charge >= 0.3 is 5.97 Å². The molecule has 106 valence electrons. The van der Waals surface area contributed by atoms with Crippen molar-refractivity contribution in [3.05, 3.63) is 46.9 Å². The number of carbonyl (C=O) groups excluding carboxylic acids is 1. The summed E-state index contributed by atoms with van der Waals surface area (Å²) >= 11 is 0. The van der Waals surface area contributed by atoms with Crippen LogP contribution in [0.5, 0.6) is 0 Å². The van der Waals surface area contributed by atoms with Crippen molar-refractivity contribution in [2.24, 2.45) is 0 Å². The molecule has 6 heteroatoms. The zero-order chi connectivity index (χ0) is 14.5. The van der Waals surface area contributed by atoms with Crippen LogP contribution in [0.4, 0.5) is 10.2 Å². The molecule has 2 rings (SSSR count). The average molecular weight is 277 g/mol. The van der Waals surface area contributed by atoms with E-state index in [1.807, 2.05) is 6.92 Å². The molecule has 5 nitrogen and oxygen atoms in total. The summed E-state index contributed by atoms with van der Waals surface area (Å²) in [6.07, 6.45) is 0.646. The second kappa shape index (κ2) is 6.18. The van der Waals surface area contributed by atoms with E-state index < -0.39 is 5.97 Å². The quantitative estimate of drug-likeness (QED) is 0.824. The van der Waals surface area contributed by atoms with Crippen LogP contribution in [0.3, 0.4) is 0 Å². The van der Waals surface area contributed by atoms with Crippen molar-refractivity contribution in [2.75, 3.05) is 12.4 Å². The fourth-order valence-corrected chi connectivity index (χ4v) is 1.91. The van der Waals surface area contributed by atoms with Crippen LogP contribution in [0.1, 0.15) is 28.5 Å². The number of hydrogen-bond acceptors (Lipinski definition) is 4. The third kappa shape index (κ3) is 2.96. The Morgan fingerprint density at radius 3 is 2.70 bits per heavy atom. The minimum Gasteiger partial charge on any atom is -0.464 e. The molecular weight excluding hydrogens is 261 g/mol. The number of carbonyl (C=O) groups is 1. The molecule has 1 heterocycles. The third-order valence-corrected chi connectivity index (χ3v) is 2.98. The van der Waals surface area contributed by atoms with E-state index >= 15 is 0 Å². The van der Waals surface area contributed by atoms with Crippen LogP contribution in [0.25, 0.3) is 0 Å². The molecule has 0 radical (unpaired) electrons. The van der Waals surface area contributed by atoms with Crippen LogP contribution in [0.2, 0.25) is 0 Å². The number of H-pyrrole nitrogens is 1. The van der Waals surface area contributed by atoms with Gasteiger partial charge in [0.15, 0.2) is 5.82 Å². The molecule has 2 aromatic rings. The molecule has 0 fully saturated rings. The lowest BCUT2D eigenvalue weighted by Crippen LogP contribution is -2.06. The van der Waals surface area contributed by atoms with Crippen LogP contribution < -0.4 is 5.32 Å². The number of halogens is 1. The largest absolute Gasteiger partial charge is 0.464 e. The molecule has 0 aliphatic carbocycles. The Morgan fingerprint density at radius 1 is 1.40 bits per heavy atom. The van der Waals surface area contributed by atoms with E-state index in [0.717, 1.165) is 11.1 Å². The summed E-state index contributed by atoms with van der Waals surface area (Å²) in [5.41, 5.74) is 2.06. The maximum absolute atomic E-state index is 12.8. The lowest BCUT2D eigenvalue weighted by atomic mass is 10.1. The zero-order valence-corrected chi connectivity index (χ0v) is 11.4. The molecule has 2 N–H and O–H groups in total. The molecule has 0 spiro atoms. The molecule has 1 aromatic carbocycles. The monoisotopic (exact) mass is 277 g/mol. The molecule has 0 aliphatic rings. The first kappa shape index (κ1) is 14.0. The standard InChI is InChI=1S/C14H16FN3O2/c1-3-11-12(14(19)20-2)17-18-13(11)16-8-9-4-6-10(15)7-5-9/h4-7H,3,8H2,1-2H3,(H2,16,17,18). The second-order valence-corrected chi connectivity index (χ2v) is 4.25. The summed E-state index contributed by atoms with van der Waals surface area (Å²) in [5.74, 6) is -0.0999. The lowest BCUT2D eigenvalue weighted by Gasteiger charge is -2.06. The number of aromatic amines is 1. The lowest BCUT2D eigenvalue weighted by molar-refractivity contribution is 0.0593. The highest BCUT2D eigenvalue weighted by Gasteiger charge is 2.17. The maximum atomic E-state index is 12.8. The predicted octanol–water partition coefficient (Wildman–Crippen LogP) is 2.51. The number of aromatic nitrogens is 2. The number of nitrogens with zero attached hydrogens (tertiary/aromatic N) is 1. The maximum Gasteiger partial charge on any atom is 0.356 e. The fraction of sp³-hybridized carbons (Fsp3) is 0.286. The number of esters is 1. The minimum absolute atomic E-state index is 0.268. The van der Waals surface area contributed by atoms with Crippen molar-refractivity contribution in [3.63, 3.8) is 0 Å². The molecular formula is C14H16FN3O2. The van der Waals surface area contributed by atoms with Gasteiger partial charge in [-0.25, -0.2) is 9.18 Å². The highest BCUT2D eigenvalue weighted by atomic mass is 19.1. The molecule has 20 heavy (non-hydrogen) atoms. The number of rotatable bonds is 5. The van der Waals surface area contributed by atoms with Gasteiger partial charge in [0.25, 0.3) is 0 Å². The van der Waals surface area contributed by atoms with Crippen LogP contribution in [-0.4, -0.2) is 23.3 Å². The SMILES string of the molecule is CCc1c(NCc2ccc(F)cc2)n[nH]c1C(=O)OC. The molecule has 0 saturated heterocycles. The van der Waals surface area contributed by atoms with Gasteiger partial charge in [-0.1, -0.05) is 19.1 Å². The van der Waals surface area contributed by atoms with Crippen molar-refractivity contribution in [3.8, 4) is 0 Å². The number of anilines is 1. The number of ether oxygens (including phenoxy) is 1. The van der Waals surface area contributed by atoms with Crippen molar-refractivity contribution in [1.82, 2.24) is 10.2 Å². The van der Waals surface area contributed by atoms with Crippen molar-refractivity contribution < 1.29 is 13.9 Å². The summed E-state index contributed by atoms with van der Waals surface area (Å²) < 4.78 is 17.5. The van der Waals surface area contributed by atoms with Gasteiger partial charge < -0.3 is 10.1 Å². The smallest absolute Gasteiger partial charge is 0.356 e. The van der Waals surface area contributed by atoms with Crippen molar-refractivity contribution in [2.45, 2.75) is 19.9 Å². The fourth-order valence-electron chi connectivity index (χ4n) is 1.91. The Kier molecular flexibility index (Phi) is 4.34. The van der Waals surface area contributed by atoms with Crippen LogP contribution in [-0.2, 0) is 17.7 Å². The molecule has 0 atom stereocenters. The number of hydrogen-bond donors (Lipinski definition) is 2. The first-order chi connectivity index (χ1) is 9.65. The molecule has 0 saturated carbocycles. The number of methoxy groups -OCH3 is 1. The average Bonchev–Trinajstić information content (AvgIpc) is 2.88. The summed E-state index contributed by atoms with van der Waals surface area (Å²) in [5, 5.41) is 9.88. The normalized spacial score (nSPS) is 10.3. The number of nitrogens with one attached hydrogen (secondary N) is 2. The van der Waals surface area contributed by atoms with E-state index in [0.29, 0.717) is 24.5 Å². The summed E-state index contributed by atoms with van der Waals surface area (Å²) in [6, 6.07) is 6.20. The van der Waals surface area contributed by atoms with Crippen LogP contribution in [0, 0.1) is 5.82 Å². The predicted molar refractivity (Wildman–Crippen MR) is 73.0 cm³/mol. The van der Waals surface area contributed by atoms with E-state index in [1.165, 1.54) is 19.2 Å². The van der Waals surface area contributed by atoms with E-state index in [4.69, 9.17) is 0 Å². The van der Waals surface area contributed by atoms with Gasteiger partial charge in [-0.15, -0.1) is 0 Å². The minimum atomic E-state index is -0.441. The van der Waals surface area contributed by atoms with Gasteiger partial charge in [0.2, 0.25) is 0 Å². The first-order valence-corrected chi connectivity index (χ1v) is 6.29. The molecule has 1 aromatic heterocycles. The topological polar surface area (TPSA) is 67.0 Å². The van der Waals surface area contributed by atoms with E-state index in [-0.39, 0.29) is 5.82 Å². The van der Waals surface area contributed by atoms with Gasteiger partial charge in [0, 0.05) is 12.1 Å². The van der Waals surface area contributed by atoms with E-state index in [1.54, 1.807) is 12.1 Å². The molecule has 0 bridgehead atoms. The molecule has 0 unspecified atom stereocenters. The zero-order valence-electron chi connectivity index (χ0n) is 11.4. The van der Waals surface area contributed by atoms with Crippen molar-refractivity contribution >= 4 is 11.8 Å². The third-order valence-electron chi connectivity index (χ3n) is 2.98. The van der Waals surface area contributed by atoms with Crippen LogP contribution in [0.15, 0.2) is 24.3 Å². The second-order valence-electron chi connectivity index (χ2n) is 4.25. The van der Waals surface area contributed by atoms with Gasteiger partial charge in [-0.3, -0.25) is 5.10 Å². The van der Waals surface area contributed by atoms with Gasteiger partial charge in [0.05, 0.1) is 7.11 Å². The highest BCUT2D eigenvalue weighted by Crippen LogP contribution is 2.19. The van der Waals surface area contributed by atoms with Crippen molar-refractivity contribution in [1.29, 1.82) is 0 Å². The summed E-state index contributed by atoms with van der Waals surface area (Å²) in [4.78, 5) is 11.6. The molecule has 0 amide bonds. The van der Waals surface area contributed by atoms with Gasteiger partial charge in [-0.2, -0.15) is 5.10 Å². The molecule has 0 aliphatic heterocycles. The summed E-state index contributed by atoms with van der Waals surface area (Å²) in [6.45, 7) is 2.43. The van der Waals surface area contributed by atoms with E-state index in [9.17, 15) is 9.18 Å². The first-order valence-electron chi connectivity index (χ1n) is 6.29.